The molecule has 0 aromatic heterocycles. The number of nitrogens with zero attached hydrogens (tertiary/aromatic N) is 2. The lowest BCUT2D eigenvalue weighted by atomic mass is 9.78. The van der Waals surface area contributed by atoms with Crippen LogP contribution in [0.25, 0.3) is 0 Å². The van der Waals surface area contributed by atoms with Gasteiger partial charge in [-0.2, -0.15) is 26.3 Å². The van der Waals surface area contributed by atoms with Crippen molar-refractivity contribution in [3.63, 3.8) is 0 Å². The average molecular weight is 575 g/mol. The summed E-state index contributed by atoms with van der Waals surface area (Å²) in [6.07, 6.45) is -9.21. The maximum absolute atomic E-state index is 13.9. The van der Waals surface area contributed by atoms with Gasteiger partial charge in [-0.3, -0.25) is 9.59 Å². The Morgan fingerprint density at radius 3 is 2.20 bits per heavy atom. The van der Waals surface area contributed by atoms with E-state index in [9.17, 15) is 40.3 Å². The monoisotopic (exact) mass is 574 g/mol. The Morgan fingerprint density at radius 1 is 1.00 bits per heavy atom. The Balaban J connectivity index is 1.61. The summed E-state index contributed by atoms with van der Waals surface area (Å²) in [6, 6.07) is 5.36. The lowest BCUT2D eigenvalue weighted by molar-refractivity contribution is -0.144. The summed E-state index contributed by atoms with van der Waals surface area (Å²) in [5, 5.41) is 0. The Kier molecular flexibility index (Phi) is 8.49. The molecule has 3 atom stereocenters. The second-order valence-electron chi connectivity index (χ2n) is 10.5. The molecule has 0 saturated carbocycles. The molecule has 0 N–H and O–H groups in total. The van der Waals surface area contributed by atoms with Crippen molar-refractivity contribution in [1.82, 2.24) is 9.80 Å². The summed E-state index contributed by atoms with van der Waals surface area (Å²) in [7, 11) is 1.32. The van der Waals surface area contributed by atoms with Gasteiger partial charge >= 0.3 is 12.4 Å². The van der Waals surface area contributed by atoms with E-state index in [0.29, 0.717) is 42.9 Å². The number of piperidine rings is 1. The molecule has 5 nitrogen and oxygen atoms in total. The molecule has 3 unspecified atom stereocenters. The minimum absolute atomic E-state index is 0.0424. The molecule has 40 heavy (non-hydrogen) atoms. The van der Waals surface area contributed by atoms with Crippen LogP contribution in [0.15, 0.2) is 36.4 Å². The highest BCUT2D eigenvalue weighted by Gasteiger charge is 2.41. The van der Waals surface area contributed by atoms with Crippen LogP contribution < -0.4 is 0 Å². The molecule has 2 amide bonds. The summed E-state index contributed by atoms with van der Waals surface area (Å²) in [5.41, 5.74) is -2.02. The van der Waals surface area contributed by atoms with E-state index in [2.05, 4.69) is 0 Å². The number of halogens is 7. The standard InChI is InChI=1S/C28H29F7N2O3/c1-16-9-21(29)3-4-22(16)24-14-37(25(38)18-6-8-40-15-18)7-5-23(24)26(39)36(2)13-17-10-19(27(30,31)32)12-20(11-17)28(33,34)35/h3-4,9-12,18,23-24H,5-8,13-15H2,1-2H3. The van der Waals surface area contributed by atoms with Crippen molar-refractivity contribution in [2.45, 2.75) is 44.6 Å². The van der Waals surface area contributed by atoms with E-state index in [4.69, 9.17) is 4.74 Å². The van der Waals surface area contributed by atoms with Crippen LogP contribution in [0.5, 0.6) is 0 Å². The molecular weight excluding hydrogens is 545 g/mol. The van der Waals surface area contributed by atoms with E-state index >= 15 is 0 Å². The third-order valence-corrected chi connectivity index (χ3v) is 7.60. The number of rotatable bonds is 5. The number of hydrogen-bond acceptors (Lipinski definition) is 3. The highest BCUT2D eigenvalue weighted by atomic mass is 19.4. The molecule has 0 spiro atoms. The SMILES string of the molecule is Cc1cc(F)ccc1C1CN(C(=O)C2CCOC2)CCC1C(=O)N(C)Cc1cc(C(F)(F)F)cc(C(F)(F)F)c1. The van der Waals surface area contributed by atoms with Crippen LogP contribution >= 0.6 is 0 Å². The van der Waals surface area contributed by atoms with Crippen molar-refractivity contribution in [2.24, 2.45) is 11.8 Å². The fraction of sp³-hybridized carbons (Fsp3) is 0.500. The molecule has 2 aromatic rings. The second kappa shape index (κ2) is 11.4. The molecule has 218 valence electrons. The zero-order chi connectivity index (χ0) is 29.4. The number of carbonyl (C=O) groups excluding carboxylic acids is 2. The number of hydrogen-bond donors (Lipinski definition) is 0. The van der Waals surface area contributed by atoms with Gasteiger partial charge in [-0.1, -0.05) is 6.07 Å². The lowest BCUT2D eigenvalue weighted by Gasteiger charge is -2.40. The summed E-state index contributed by atoms with van der Waals surface area (Å²) in [4.78, 5) is 29.5. The Labute approximate surface area is 226 Å². The lowest BCUT2D eigenvalue weighted by Crippen LogP contribution is -2.49. The van der Waals surface area contributed by atoms with Crippen molar-refractivity contribution in [2.75, 3.05) is 33.4 Å². The van der Waals surface area contributed by atoms with Crippen LogP contribution in [0.3, 0.4) is 0 Å². The van der Waals surface area contributed by atoms with E-state index in [1.54, 1.807) is 17.9 Å². The first-order chi connectivity index (χ1) is 18.6. The second-order valence-corrected chi connectivity index (χ2v) is 10.5. The minimum atomic E-state index is -5.01. The Morgan fingerprint density at radius 2 is 1.65 bits per heavy atom. The first kappa shape index (κ1) is 29.8. The van der Waals surface area contributed by atoms with Crippen LogP contribution in [0, 0.1) is 24.6 Å². The highest BCUT2D eigenvalue weighted by molar-refractivity contribution is 5.82. The van der Waals surface area contributed by atoms with Gasteiger partial charge in [0.15, 0.2) is 0 Å². The van der Waals surface area contributed by atoms with Gasteiger partial charge < -0.3 is 14.5 Å². The van der Waals surface area contributed by atoms with Gasteiger partial charge in [0.25, 0.3) is 0 Å². The van der Waals surface area contributed by atoms with Gasteiger partial charge in [0, 0.05) is 45.1 Å². The smallest absolute Gasteiger partial charge is 0.381 e. The van der Waals surface area contributed by atoms with Gasteiger partial charge in [-0.15, -0.1) is 0 Å². The fourth-order valence-corrected chi connectivity index (χ4v) is 5.55. The molecule has 0 bridgehead atoms. The van der Waals surface area contributed by atoms with Crippen molar-refractivity contribution in [1.29, 1.82) is 0 Å². The molecule has 2 aliphatic rings. The summed E-state index contributed by atoms with van der Waals surface area (Å²) in [6.45, 7) is 2.38. The number of likely N-dealkylation sites (tertiary alicyclic amines) is 1. The molecule has 2 aromatic carbocycles. The Bertz CT molecular complexity index is 1220. The number of alkyl halides is 6. The third-order valence-electron chi connectivity index (χ3n) is 7.60. The minimum Gasteiger partial charge on any atom is -0.381 e. The molecule has 0 aliphatic carbocycles. The topological polar surface area (TPSA) is 49.9 Å². The third kappa shape index (κ3) is 6.59. The number of aryl methyl sites for hydroxylation is 1. The molecule has 2 heterocycles. The first-order valence-electron chi connectivity index (χ1n) is 12.8. The zero-order valence-corrected chi connectivity index (χ0v) is 21.9. The van der Waals surface area contributed by atoms with Gasteiger partial charge in [-0.25, -0.2) is 4.39 Å². The maximum atomic E-state index is 13.9. The predicted molar refractivity (Wildman–Crippen MR) is 130 cm³/mol. The van der Waals surface area contributed by atoms with Crippen molar-refractivity contribution < 1.29 is 45.1 Å². The fourth-order valence-electron chi connectivity index (χ4n) is 5.55. The van der Waals surface area contributed by atoms with E-state index in [-0.39, 0.29) is 43.0 Å². The zero-order valence-electron chi connectivity index (χ0n) is 21.9. The summed E-state index contributed by atoms with van der Waals surface area (Å²) in [5.74, 6) is -2.65. The van der Waals surface area contributed by atoms with Crippen molar-refractivity contribution in [3.05, 3.63) is 70.0 Å². The van der Waals surface area contributed by atoms with Crippen molar-refractivity contribution >= 4 is 11.8 Å². The average Bonchev–Trinajstić information content (AvgIpc) is 3.41. The molecule has 2 fully saturated rings. The molecule has 4 rings (SSSR count). The first-order valence-corrected chi connectivity index (χ1v) is 12.8. The highest BCUT2D eigenvalue weighted by Crippen LogP contribution is 2.39. The molecule has 12 heteroatoms. The molecule has 0 radical (unpaired) electrons. The van der Waals surface area contributed by atoms with E-state index in [1.165, 1.54) is 19.2 Å². The van der Waals surface area contributed by atoms with Crippen LogP contribution in [-0.4, -0.2) is 55.0 Å². The largest absolute Gasteiger partial charge is 0.416 e. The number of ether oxygens (including phenoxy) is 1. The number of amides is 2. The van der Waals surface area contributed by atoms with E-state index in [0.717, 1.165) is 4.90 Å². The molecule has 2 aliphatic heterocycles. The summed E-state index contributed by atoms with van der Waals surface area (Å²) < 4.78 is 99.2. The van der Waals surface area contributed by atoms with Crippen LogP contribution in [-0.2, 0) is 33.2 Å². The Hall–Kier alpha value is -3.15. The quantitative estimate of drug-likeness (QED) is 0.425. The summed E-state index contributed by atoms with van der Waals surface area (Å²) >= 11 is 0. The number of carbonyl (C=O) groups is 2. The van der Waals surface area contributed by atoms with Gasteiger partial charge in [-0.05, 0) is 66.8 Å². The van der Waals surface area contributed by atoms with Crippen LogP contribution in [0.4, 0.5) is 30.7 Å². The van der Waals surface area contributed by atoms with E-state index < -0.39 is 53.6 Å². The van der Waals surface area contributed by atoms with Crippen LogP contribution in [0.2, 0.25) is 0 Å². The predicted octanol–water partition coefficient (Wildman–Crippen LogP) is 5.80. The van der Waals surface area contributed by atoms with Gasteiger partial charge in [0.05, 0.1) is 23.7 Å². The maximum Gasteiger partial charge on any atom is 0.416 e. The van der Waals surface area contributed by atoms with Gasteiger partial charge in [0.2, 0.25) is 11.8 Å². The van der Waals surface area contributed by atoms with Crippen LogP contribution in [0.1, 0.15) is 46.6 Å². The normalized spacial score (nSPS) is 21.9. The van der Waals surface area contributed by atoms with Gasteiger partial charge in [0.1, 0.15) is 5.82 Å². The number of benzene rings is 2. The molecular formula is C28H29F7N2O3. The molecule has 2 saturated heterocycles. The van der Waals surface area contributed by atoms with E-state index in [1.807, 2.05) is 0 Å². The van der Waals surface area contributed by atoms with Crippen molar-refractivity contribution in [3.8, 4) is 0 Å².